The summed E-state index contributed by atoms with van der Waals surface area (Å²) in [7, 11) is 1.83. The number of likely N-dealkylation sites (tertiary alicyclic amines) is 1. The van der Waals surface area contributed by atoms with Crippen LogP contribution in [-0.2, 0) is 6.54 Å². The predicted octanol–water partition coefficient (Wildman–Crippen LogP) is 3.18. The molecule has 0 aliphatic carbocycles. The molecule has 6 nitrogen and oxygen atoms in total. The van der Waals surface area contributed by atoms with Crippen molar-refractivity contribution < 1.29 is 14.3 Å². The molecule has 29 heavy (non-hydrogen) atoms. The molecule has 1 aliphatic rings. The third-order valence-electron chi connectivity index (χ3n) is 5.36. The van der Waals surface area contributed by atoms with E-state index >= 15 is 0 Å². The van der Waals surface area contributed by atoms with E-state index in [4.69, 9.17) is 0 Å². The zero-order valence-electron chi connectivity index (χ0n) is 17.0. The zero-order valence-corrected chi connectivity index (χ0v) is 17.8. The summed E-state index contributed by atoms with van der Waals surface area (Å²) in [5.41, 5.74) is 1.63. The number of nitrogens with one attached hydrogen (secondary N) is 1. The summed E-state index contributed by atoms with van der Waals surface area (Å²) < 4.78 is 13.0. The first-order chi connectivity index (χ1) is 13.9. The summed E-state index contributed by atoms with van der Waals surface area (Å²) >= 11 is 1.58. The van der Waals surface area contributed by atoms with Gasteiger partial charge in [0.25, 0.3) is 0 Å². The summed E-state index contributed by atoms with van der Waals surface area (Å²) in [4.78, 5) is 20.6. The van der Waals surface area contributed by atoms with E-state index in [1.807, 2.05) is 19.4 Å². The van der Waals surface area contributed by atoms with Gasteiger partial charge in [-0.15, -0.1) is 11.3 Å². The number of β-amino-alcohol motifs (C(OH)–C–C–N with tert-alkyl or cyclic N) is 1. The fourth-order valence-electron chi connectivity index (χ4n) is 3.65. The molecule has 1 aliphatic heterocycles. The van der Waals surface area contributed by atoms with E-state index in [0.29, 0.717) is 19.0 Å². The van der Waals surface area contributed by atoms with Crippen molar-refractivity contribution in [1.29, 1.82) is 0 Å². The van der Waals surface area contributed by atoms with Crippen LogP contribution < -0.4 is 5.32 Å². The number of aliphatic hydroxyl groups excluding tert-OH is 1. The minimum atomic E-state index is -0.616. The molecule has 0 spiro atoms. The highest BCUT2D eigenvalue weighted by molar-refractivity contribution is 7.09. The second kappa shape index (κ2) is 10.1. The Morgan fingerprint density at radius 1 is 1.38 bits per heavy atom. The Kier molecular flexibility index (Phi) is 7.57. The van der Waals surface area contributed by atoms with Gasteiger partial charge in [-0.25, -0.2) is 14.2 Å². The summed E-state index contributed by atoms with van der Waals surface area (Å²) in [6.07, 6.45) is 1.35. The molecule has 158 valence electrons. The summed E-state index contributed by atoms with van der Waals surface area (Å²) in [5.74, 6) is 0.156. The normalized spacial score (nSPS) is 16.6. The van der Waals surface area contributed by atoms with Crippen LogP contribution >= 0.6 is 11.3 Å². The highest BCUT2D eigenvalue weighted by atomic mass is 32.1. The molecule has 1 aromatic carbocycles. The molecule has 0 saturated carbocycles. The molecule has 1 unspecified atom stereocenters. The van der Waals surface area contributed by atoms with E-state index in [1.165, 1.54) is 12.1 Å². The lowest BCUT2D eigenvalue weighted by molar-refractivity contribution is 0.0847. The second-order valence-electron chi connectivity index (χ2n) is 7.71. The number of aryl methyl sites for hydroxylation is 1. The van der Waals surface area contributed by atoms with E-state index < -0.39 is 6.10 Å². The molecular weight excluding hydrogens is 391 g/mol. The number of rotatable bonds is 7. The molecule has 3 rings (SSSR count). The van der Waals surface area contributed by atoms with Crippen molar-refractivity contribution in [3.8, 4) is 0 Å². The van der Waals surface area contributed by atoms with E-state index in [0.717, 1.165) is 48.7 Å². The Morgan fingerprint density at radius 3 is 2.69 bits per heavy atom. The maximum Gasteiger partial charge on any atom is 0.317 e. The smallest absolute Gasteiger partial charge is 0.317 e. The van der Waals surface area contributed by atoms with Gasteiger partial charge in [0.1, 0.15) is 5.82 Å². The Bertz CT molecular complexity index is 790. The first kappa shape index (κ1) is 21.7. The van der Waals surface area contributed by atoms with Crippen molar-refractivity contribution in [2.45, 2.75) is 32.4 Å². The standard InChI is InChI=1S/C21H29FN4O2S/c1-15-24-19(14-29-15)11-23-21(28)25(2)12-16-7-9-26(10-8-16)13-20(27)17-3-5-18(22)6-4-17/h3-6,14,16,20,27H,7-13H2,1-2H3,(H,23,28). The number of hydrogen-bond acceptors (Lipinski definition) is 5. The zero-order chi connectivity index (χ0) is 20.8. The molecular formula is C21H29FN4O2S. The van der Waals surface area contributed by atoms with Crippen LogP contribution in [0.25, 0.3) is 0 Å². The van der Waals surface area contributed by atoms with Crippen molar-refractivity contribution in [3.05, 3.63) is 51.7 Å². The van der Waals surface area contributed by atoms with E-state index in [1.54, 1.807) is 28.4 Å². The quantitative estimate of drug-likeness (QED) is 0.722. The van der Waals surface area contributed by atoms with Crippen LogP contribution in [0.4, 0.5) is 9.18 Å². The molecule has 1 saturated heterocycles. The largest absolute Gasteiger partial charge is 0.387 e. The minimum Gasteiger partial charge on any atom is -0.387 e. The highest BCUT2D eigenvalue weighted by Gasteiger charge is 2.23. The van der Waals surface area contributed by atoms with Crippen molar-refractivity contribution in [3.63, 3.8) is 0 Å². The van der Waals surface area contributed by atoms with Gasteiger partial charge < -0.3 is 20.2 Å². The molecule has 0 radical (unpaired) electrons. The van der Waals surface area contributed by atoms with E-state index in [9.17, 15) is 14.3 Å². The molecule has 2 amide bonds. The van der Waals surface area contributed by atoms with Crippen molar-refractivity contribution in [1.82, 2.24) is 20.1 Å². The third kappa shape index (κ3) is 6.48. The van der Waals surface area contributed by atoms with Crippen molar-refractivity contribution in [2.24, 2.45) is 5.92 Å². The summed E-state index contributed by atoms with van der Waals surface area (Å²) in [6, 6.07) is 5.94. The number of hydrogen-bond donors (Lipinski definition) is 2. The number of piperidine rings is 1. The molecule has 1 aromatic heterocycles. The minimum absolute atomic E-state index is 0.0789. The molecule has 2 aromatic rings. The van der Waals surface area contributed by atoms with Gasteiger partial charge >= 0.3 is 6.03 Å². The molecule has 2 N–H and O–H groups in total. The van der Waals surface area contributed by atoms with E-state index in [2.05, 4.69) is 15.2 Å². The second-order valence-corrected chi connectivity index (χ2v) is 8.77. The molecule has 8 heteroatoms. The fourth-order valence-corrected chi connectivity index (χ4v) is 4.26. The first-order valence-electron chi connectivity index (χ1n) is 9.96. The Hall–Kier alpha value is -2.03. The Balaban J connectivity index is 1.37. The number of amides is 2. The lowest BCUT2D eigenvalue weighted by Crippen LogP contribution is -2.43. The van der Waals surface area contributed by atoms with Gasteiger partial charge in [-0.2, -0.15) is 0 Å². The number of aliphatic hydroxyl groups is 1. The van der Waals surface area contributed by atoms with Crippen LogP contribution in [0.2, 0.25) is 0 Å². The highest BCUT2D eigenvalue weighted by Crippen LogP contribution is 2.21. The molecule has 0 bridgehead atoms. The number of thiazole rings is 1. The Labute approximate surface area is 175 Å². The van der Waals surface area contributed by atoms with Gasteiger partial charge in [-0.3, -0.25) is 0 Å². The van der Waals surface area contributed by atoms with Gasteiger partial charge in [0.15, 0.2) is 0 Å². The van der Waals surface area contributed by atoms with Crippen LogP contribution in [0.1, 0.15) is 35.2 Å². The molecule has 1 atom stereocenters. The van der Waals surface area contributed by atoms with Gasteiger partial charge in [-0.05, 0) is 56.5 Å². The van der Waals surface area contributed by atoms with Crippen molar-refractivity contribution in [2.75, 3.05) is 33.2 Å². The van der Waals surface area contributed by atoms with Crippen LogP contribution in [0.15, 0.2) is 29.6 Å². The topological polar surface area (TPSA) is 68.7 Å². The number of benzene rings is 1. The van der Waals surface area contributed by atoms with Crippen LogP contribution in [0.3, 0.4) is 0 Å². The van der Waals surface area contributed by atoms with E-state index in [-0.39, 0.29) is 11.8 Å². The molecule has 2 heterocycles. The molecule has 1 fully saturated rings. The lowest BCUT2D eigenvalue weighted by atomic mass is 9.95. The number of aromatic nitrogens is 1. The third-order valence-corrected chi connectivity index (χ3v) is 6.18. The Morgan fingerprint density at radius 2 is 2.07 bits per heavy atom. The number of carbonyl (C=O) groups excluding carboxylic acids is 1. The predicted molar refractivity (Wildman–Crippen MR) is 112 cm³/mol. The summed E-state index contributed by atoms with van der Waals surface area (Å²) in [6.45, 7) is 5.44. The SMILES string of the molecule is Cc1nc(CNC(=O)N(C)CC2CCN(CC(O)c3ccc(F)cc3)CC2)cs1. The van der Waals surface area contributed by atoms with Gasteiger partial charge in [0.05, 0.1) is 23.4 Å². The van der Waals surface area contributed by atoms with Crippen LogP contribution in [0, 0.1) is 18.7 Å². The first-order valence-corrected chi connectivity index (χ1v) is 10.8. The number of halogens is 1. The van der Waals surface area contributed by atoms with Crippen LogP contribution in [0.5, 0.6) is 0 Å². The van der Waals surface area contributed by atoms with Gasteiger partial charge in [0.2, 0.25) is 0 Å². The number of carbonyl (C=O) groups is 1. The fraction of sp³-hybridized carbons (Fsp3) is 0.524. The van der Waals surface area contributed by atoms with Crippen molar-refractivity contribution >= 4 is 17.4 Å². The lowest BCUT2D eigenvalue weighted by Gasteiger charge is -2.34. The monoisotopic (exact) mass is 420 g/mol. The summed E-state index contributed by atoms with van der Waals surface area (Å²) in [5, 5.41) is 16.3. The maximum atomic E-state index is 13.0. The van der Waals surface area contributed by atoms with Crippen LogP contribution in [-0.4, -0.2) is 59.1 Å². The average molecular weight is 421 g/mol. The number of nitrogens with zero attached hydrogens (tertiary/aromatic N) is 3. The van der Waals surface area contributed by atoms with Gasteiger partial charge in [0, 0.05) is 25.5 Å². The number of urea groups is 1. The average Bonchev–Trinajstić information content (AvgIpc) is 3.13. The van der Waals surface area contributed by atoms with Gasteiger partial charge in [-0.1, -0.05) is 12.1 Å². The maximum absolute atomic E-state index is 13.0.